The van der Waals surface area contributed by atoms with Crippen molar-refractivity contribution in [1.29, 1.82) is 0 Å². The lowest BCUT2D eigenvalue weighted by atomic mass is 10.1. The molecule has 0 aromatic heterocycles. The van der Waals surface area contributed by atoms with Crippen molar-refractivity contribution in [3.05, 3.63) is 28.3 Å². The first-order valence-corrected chi connectivity index (χ1v) is 9.80. The molecule has 0 saturated carbocycles. The normalized spacial score (nSPS) is 18.3. The van der Waals surface area contributed by atoms with Gasteiger partial charge in [0.1, 0.15) is 5.69 Å². The van der Waals surface area contributed by atoms with Crippen molar-refractivity contribution in [1.82, 2.24) is 9.21 Å². The molecular weight excluding hydrogens is 344 g/mol. The van der Waals surface area contributed by atoms with E-state index >= 15 is 0 Å². The van der Waals surface area contributed by atoms with Gasteiger partial charge in [0.05, 0.1) is 9.82 Å². The number of likely N-dealkylation sites (N-methyl/N-ethyl adjacent to an activating group) is 1. The maximum atomic E-state index is 12.8. The number of nitro groups is 1. The highest BCUT2D eigenvalue weighted by Crippen LogP contribution is 2.30. The minimum absolute atomic E-state index is 0.0267. The number of anilines is 1. The smallest absolute Gasteiger partial charge is 0.293 e. The highest BCUT2D eigenvalue weighted by molar-refractivity contribution is 7.89. The average Bonchev–Trinajstić information content (AvgIpc) is 2.55. The van der Waals surface area contributed by atoms with E-state index in [-0.39, 0.29) is 22.5 Å². The molecule has 0 radical (unpaired) electrons. The number of sulfonamides is 1. The quantitative estimate of drug-likeness (QED) is 0.608. The molecule has 1 aliphatic rings. The molecule has 0 amide bonds. The maximum absolute atomic E-state index is 12.8. The number of piperazine rings is 1. The molecule has 9 heteroatoms. The number of benzene rings is 1. The second kappa shape index (κ2) is 7.67. The Morgan fingerprint density at radius 3 is 2.28 bits per heavy atom. The Bertz CT molecular complexity index is 728. The van der Waals surface area contributed by atoms with Gasteiger partial charge in [0, 0.05) is 38.3 Å². The molecule has 140 valence electrons. The Kier molecular flexibility index (Phi) is 6.02. The zero-order valence-corrected chi connectivity index (χ0v) is 15.9. The van der Waals surface area contributed by atoms with Gasteiger partial charge in [-0.2, -0.15) is 4.31 Å². The summed E-state index contributed by atoms with van der Waals surface area (Å²) in [5.41, 5.74) is 0.117. The number of rotatable bonds is 6. The number of hydrogen-bond acceptors (Lipinski definition) is 6. The Morgan fingerprint density at radius 2 is 1.76 bits per heavy atom. The number of nitrogens with one attached hydrogen (secondary N) is 1. The third-order valence-corrected chi connectivity index (χ3v) is 6.54. The third kappa shape index (κ3) is 4.47. The topological polar surface area (TPSA) is 95.8 Å². The third-order valence-electron chi connectivity index (χ3n) is 4.65. The lowest BCUT2D eigenvalue weighted by Gasteiger charge is -2.31. The highest BCUT2D eigenvalue weighted by atomic mass is 32.2. The summed E-state index contributed by atoms with van der Waals surface area (Å²) in [6.45, 7) is 8.02. The summed E-state index contributed by atoms with van der Waals surface area (Å²) in [6.07, 6.45) is 0. The summed E-state index contributed by atoms with van der Waals surface area (Å²) in [4.78, 5) is 12.9. The lowest BCUT2D eigenvalue weighted by molar-refractivity contribution is -0.384. The van der Waals surface area contributed by atoms with E-state index in [0.29, 0.717) is 31.9 Å². The predicted octanol–water partition coefficient (Wildman–Crippen LogP) is 1.99. The van der Waals surface area contributed by atoms with Gasteiger partial charge in [0.25, 0.3) is 5.69 Å². The van der Waals surface area contributed by atoms with Crippen molar-refractivity contribution in [3.8, 4) is 0 Å². The van der Waals surface area contributed by atoms with Crippen LogP contribution in [0.2, 0.25) is 0 Å². The molecule has 0 spiro atoms. The maximum Gasteiger partial charge on any atom is 0.293 e. The summed E-state index contributed by atoms with van der Waals surface area (Å²) >= 11 is 0. The number of nitro benzene ring substituents is 1. The van der Waals surface area contributed by atoms with Crippen LogP contribution in [0, 0.1) is 16.0 Å². The van der Waals surface area contributed by atoms with E-state index in [9.17, 15) is 18.5 Å². The fourth-order valence-electron chi connectivity index (χ4n) is 2.53. The second-order valence-electron chi connectivity index (χ2n) is 6.82. The van der Waals surface area contributed by atoms with Crippen molar-refractivity contribution in [3.63, 3.8) is 0 Å². The fourth-order valence-corrected chi connectivity index (χ4v) is 3.98. The summed E-state index contributed by atoms with van der Waals surface area (Å²) in [5, 5.41) is 14.5. The van der Waals surface area contributed by atoms with Gasteiger partial charge in [-0.15, -0.1) is 0 Å². The molecule has 1 N–H and O–H groups in total. The van der Waals surface area contributed by atoms with Crippen molar-refractivity contribution in [2.75, 3.05) is 38.5 Å². The monoisotopic (exact) mass is 370 g/mol. The molecule has 0 bridgehead atoms. The molecular formula is C16H26N4O4S. The van der Waals surface area contributed by atoms with E-state index in [1.165, 1.54) is 16.4 Å². The van der Waals surface area contributed by atoms with Crippen LogP contribution in [0.5, 0.6) is 0 Å². The molecule has 1 aliphatic heterocycles. The SMILES string of the molecule is CC(C)C(C)Nc1ccc(S(=O)(=O)N2CCN(C)CC2)cc1[N+](=O)[O-]. The summed E-state index contributed by atoms with van der Waals surface area (Å²) in [6, 6.07) is 4.11. The number of nitrogens with zero attached hydrogens (tertiary/aromatic N) is 3. The molecule has 0 aliphatic carbocycles. The van der Waals surface area contributed by atoms with Crippen LogP contribution in [0.1, 0.15) is 20.8 Å². The van der Waals surface area contributed by atoms with Crippen LogP contribution in [-0.2, 0) is 10.0 Å². The van der Waals surface area contributed by atoms with E-state index in [2.05, 4.69) is 10.2 Å². The van der Waals surface area contributed by atoms with Crippen LogP contribution < -0.4 is 5.32 Å². The first kappa shape index (κ1) is 19.6. The Labute approximate surface area is 149 Å². The van der Waals surface area contributed by atoms with Crippen molar-refractivity contribution >= 4 is 21.4 Å². The summed E-state index contributed by atoms with van der Waals surface area (Å²) in [5.74, 6) is 0.286. The molecule has 1 fully saturated rings. The van der Waals surface area contributed by atoms with Gasteiger partial charge in [-0.25, -0.2) is 8.42 Å². The summed E-state index contributed by atoms with van der Waals surface area (Å²) < 4.78 is 26.9. The molecule has 1 unspecified atom stereocenters. The van der Waals surface area contributed by atoms with Crippen LogP contribution in [-0.4, -0.2) is 61.8 Å². The van der Waals surface area contributed by atoms with Crippen molar-refractivity contribution in [2.24, 2.45) is 5.92 Å². The minimum Gasteiger partial charge on any atom is -0.377 e. The van der Waals surface area contributed by atoms with E-state index in [1.54, 1.807) is 0 Å². The summed E-state index contributed by atoms with van der Waals surface area (Å²) in [7, 11) is -1.79. The van der Waals surface area contributed by atoms with Gasteiger partial charge in [0.15, 0.2) is 0 Å². The van der Waals surface area contributed by atoms with Gasteiger partial charge in [-0.05, 0) is 32.0 Å². The molecule has 1 heterocycles. The van der Waals surface area contributed by atoms with Gasteiger partial charge in [-0.3, -0.25) is 10.1 Å². The van der Waals surface area contributed by atoms with E-state index in [1.807, 2.05) is 27.8 Å². The van der Waals surface area contributed by atoms with Gasteiger partial charge in [0.2, 0.25) is 10.0 Å². The van der Waals surface area contributed by atoms with Crippen LogP contribution in [0.25, 0.3) is 0 Å². The number of hydrogen-bond donors (Lipinski definition) is 1. The molecule has 1 aromatic carbocycles. The Morgan fingerprint density at radius 1 is 1.16 bits per heavy atom. The van der Waals surface area contributed by atoms with Crippen molar-refractivity contribution < 1.29 is 13.3 Å². The van der Waals surface area contributed by atoms with E-state index in [0.717, 1.165) is 6.07 Å². The zero-order valence-electron chi connectivity index (χ0n) is 15.1. The fraction of sp³-hybridized carbons (Fsp3) is 0.625. The Hall–Kier alpha value is -1.71. The van der Waals surface area contributed by atoms with Gasteiger partial charge < -0.3 is 10.2 Å². The largest absolute Gasteiger partial charge is 0.377 e. The Balaban J connectivity index is 2.33. The van der Waals surface area contributed by atoms with Crippen LogP contribution >= 0.6 is 0 Å². The average molecular weight is 370 g/mol. The zero-order chi connectivity index (χ0) is 18.8. The van der Waals surface area contributed by atoms with Crippen LogP contribution in [0.3, 0.4) is 0 Å². The van der Waals surface area contributed by atoms with Crippen LogP contribution in [0.4, 0.5) is 11.4 Å². The molecule has 1 aromatic rings. The van der Waals surface area contributed by atoms with E-state index < -0.39 is 14.9 Å². The van der Waals surface area contributed by atoms with Crippen LogP contribution in [0.15, 0.2) is 23.1 Å². The molecule has 8 nitrogen and oxygen atoms in total. The molecule has 1 saturated heterocycles. The minimum atomic E-state index is -3.73. The van der Waals surface area contributed by atoms with E-state index in [4.69, 9.17) is 0 Å². The predicted molar refractivity (Wildman–Crippen MR) is 97.3 cm³/mol. The lowest BCUT2D eigenvalue weighted by Crippen LogP contribution is -2.47. The first-order valence-electron chi connectivity index (χ1n) is 8.36. The molecule has 2 rings (SSSR count). The van der Waals surface area contributed by atoms with Gasteiger partial charge in [-0.1, -0.05) is 13.8 Å². The molecule has 25 heavy (non-hydrogen) atoms. The first-order chi connectivity index (χ1) is 11.6. The molecule has 1 atom stereocenters. The van der Waals surface area contributed by atoms with Gasteiger partial charge >= 0.3 is 0 Å². The highest BCUT2D eigenvalue weighted by Gasteiger charge is 2.29. The second-order valence-corrected chi connectivity index (χ2v) is 8.76. The standard InChI is InChI=1S/C16H26N4O4S/c1-12(2)13(3)17-15-6-5-14(11-16(15)20(21)22)25(23,24)19-9-7-18(4)8-10-19/h5-6,11-13,17H,7-10H2,1-4H3. The van der Waals surface area contributed by atoms with Crippen molar-refractivity contribution in [2.45, 2.75) is 31.7 Å².